The third-order valence-electron chi connectivity index (χ3n) is 3.34. The molecular formula is C18H18O3. The number of allylic oxidation sites excluding steroid dienone is 1. The Balaban J connectivity index is 2.25. The van der Waals surface area contributed by atoms with Crippen molar-refractivity contribution in [2.24, 2.45) is 0 Å². The maximum Gasteiger partial charge on any atom is 0.335 e. The zero-order valence-electron chi connectivity index (χ0n) is 12.0. The van der Waals surface area contributed by atoms with Crippen LogP contribution in [0.1, 0.15) is 34.3 Å². The molecule has 2 rings (SSSR count). The fourth-order valence-electron chi connectivity index (χ4n) is 2.03. The molecule has 21 heavy (non-hydrogen) atoms. The summed E-state index contributed by atoms with van der Waals surface area (Å²) in [5, 5.41) is 9.10. The second kappa shape index (κ2) is 6.75. The van der Waals surface area contributed by atoms with Crippen molar-refractivity contribution < 1.29 is 14.6 Å². The monoisotopic (exact) mass is 282 g/mol. The van der Waals surface area contributed by atoms with Gasteiger partial charge in [0.05, 0.1) is 5.56 Å². The van der Waals surface area contributed by atoms with Crippen molar-refractivity contribution in [1.82, 2.24) is 0 Å². The van der Waals surface area contributed by atoms with Crippen molar-refractivity contribution in [3.8, 4) is 5.75 Å². The van der Waals surface area contributed by atoms with Crippen molar-refractivity contribution in [2.45, 2.75) is 19.4 Å². The van der Waals surface area contributed by atoms with Gasteiger partial charge in [-0.3, -0.25) is 0 Å². The number of carbonyl (C=O) groups is 1. The van der Waals surface area contributed by atoms with Crippen LogP contribution in [0.2, 0.25) is 0 Å². The molecular weight excluding hydrogens is 264 g/mol. The summed E-state index contributed by atoms with van der Waals surface area (Å²) in [4.78, 5) is 11.1. The van der Waals surface area contributed by atoms with E-state index in [0.717, 1.165) is 11.1 Å². The van der Waals surface area contributed by atoms with Crippen molar-refractivity contribution in [1.29, 1.82) is 0 Å². The van der Waals surface area contributed by atoms with Crippen LogP contribution in [-0.2, 0) is 6.61 Å². The molecule has 0 aliphatic heterocycles. The zero-order chi connectivity index (χ0) is 15.2. The van der Waals surface area contributed by atoms with Gasteiger partial charge in [0.1, 0.15) is 12.4 Å². The van der Waals surface area contributed by atoms with Gasteiger partial charge in [-0.2, -0.15) is 0 Å². The lowest BCUT2D eigenvalue weighted by Gasteiger charge is -2.15. The number of hydrogen-bond acceptors (Lipinski definition) is 2. The van der Waals surface area contributed by atoms with Gasteiger partial charge >= 0.3 is 5.97 Å². The molecule has 0 saturated carbocycles. The standard InChI is InChI=1S/C18H18O3/c1-3-13(2)16-11-15(18(19)20)9-10-17(16)21-12-14-7-5-4-6-8-14/h3-11,13H,1,12H2,2H3,(H,19,20). The maximum absolute atomic E-state index is 11.1. The lowest BCUT2D eigenvalue weighted by atomic mass is 9.98. The van der Waals surface area contributed by atoms with Crippen molar-refractivity contribution in [2.75, 3.05) is 0 Å². The average molecular weight is 282 g/mol. The van der Waals surface area contributed by atoms with E-state index >= 15 is 0 Å². The Morgan fingerprint density at radius 2 is 2.00 bits per heavy atom. The summed E-state index contributed by atoms with van der Waals surface area (Å²) in [6.07, 6.45) is 1.77. The van der Waals surface area contributed by atoms with Gasteiger partial charge in [0.15, 0.2) is 0 Å². The van der Waals surface area contributed by atoms with E-state index in [1.54, 1.807) is 24.3 Å². The summed E-state index contributed by atoms with van der Waals surface area (Å²) >= 11 is 0. The number of ether oxygens (including phenoxy) is 1. The molecule has 3 nitrogen and oxygen atoms in total. The molecule has 0 heterocycles. The van der Waals surface area contributed by atoms with E-state index < -0.39 is 5.97 Å². The quantitative estimate of drug-likeness (QED) is 0.805. The van der Waals surface area contributed by atoms with Crippen LogP contribution < -0.4 is 4.74 Å². The smallest absolute Gasteiger partial charge is 0.335 e. The predicted octanol–water partition coefficient (Wildman–Crippen LogP) is 4.25. The second-order valence-corrected chi connectivity index (χ2v) is 4.86. The summed E-state index contributed by atoms with van der Waals surface area (Å²) in [6, 6.07) is 14.8. The lowest BCUT2D eigenvalue weighted by Crippen LogP contribution is -2.03. The van der Waals surface area contributed by atoms with E-state index in [9.17, 15) is 4.79 Å². The minimum Gasteiger partial charge on any atom is -0.489 e. The van der Waals surface area contributed by atoms with E-state index in [1.165, 1.54) is 0 Å². The Morgan fingerprint density at radius 1 is 1.29 bits per heavy atom. The largest absolute Gasteiger partial charge is 0.489 e. The Morgan fingerprint density at radius 3 is 2.62 bits per heavy atom. The van der Waals surface area contributed by atoms with Crippen LogP contribution in [0, 0.1) is 0 Å². The zero-order valence-corrected chi connectivity index (χ0v) is 12.0. The molecule has 0 bridgehead atoms. The first-order chi connectivity index (χ1) is 10.1. The van der Waals surface area contributed by atoms with E-state index in [-0.39, 0.29) is 11.5 Å². The fourth-order valence-corrected chi connectivity index (χ4v) is 2.03. The number of hydrogen-bond donors (Lipinski definition) is 1. The molecule has 0 radical (unpaired) electrons. The number of carboxylic acids is 1. The number of benzene rings is 2. The third-order valence-corrected chi connectivity index (χ3v) is 3.34. The molecule has 108 valence electrons. The predicted molar refractivity (Wildman–Crippen MR) is 82.8 cm³/mol. The topological polar surface area (TPSA) is 46.5 Å². The SMILES string of the molecule is C=CC(C)c1cc(C(=O)O)ccc1OCc1ccccc1. The Kier molecular flexibility index (Phi) is 4.77. The minimum absolute atomic E-state index is 0.0232. The molecule has 1 unspecified atom stereocenters. The fraction of sp³-hybridized carbons (Fsp3) is 0.167. The van der Waals surface area contributed by atoms with Crippen LogP contribution in [0.3, 0.4) is 0 Å². The molecule has 2 aromatic rings. The van der Waals surface area contributed by atoms with Gasteiger partial charge in [0.25, 0.3) is 0 Å². The van der Waals surface area contributed by atoms with Gasteiger partial charge in [-0.05, 0) is 23.8 Å². The summed E-state index contributed by atoms with van der Waals surface area (Å²) in [6.45, 7) is 6.18. The molecule has 0 aromatic heterocycles. The molecule has 2 aromatic carbocycles. The highest BCUT2D eigenvalue weighted by molar-refractivity contribution is 5.88. The first-order valence-corrected chi connectivity index (χ1v) is 6.78. The molecule has 0 amide bonds. The van der Waals surface area contributed by atoms with Gasteiger partial charge in [-0.1, -0.05) is 43.3 Å². The normalized spacial score (nSPS) is 11.7. The summed E-state index contributed by atoms with van der Waals surface area (Å²) in [5.41, 5.74) is 2.16. The van der Waals surface area contributed by atoms with Gasteiger partial charge in [-0.25, -0.2) is 4.79 Å². The van der Waals surface area contributed by atoms with Crippen LogP contribution in [0.25, 0.3) is 0 Å². The highest BCUT2D eigenvalue weighted by atomic mass is 16.5. The summed E-state index contributed by atoms with van der Waals surface area (Å²) < 4.78 is 5.84. The summed E-state index contributed by atoms with van der Waals surface area (Å²) in [7, 11) is 0. The van der Waals surface area contributed by atoms with Gasteiger partial charge in [-0.15, -0.1) is 6.58 Å². The Bertz CT molecular complexity index is 632. The van der Waals surface area contributed by atoms with Crippen LogP contribution in [0.5, 0.6) is 5.75 Å². The van der Waals surface area contributed by atoms with Crippen molar-refractivity contribution >= 4 is 5.97 Å². The van der Waals surface area contributed by atoms with Crippen LogP contribution in [-0.4, -0.2) is 11.1 Å². The first kappa shape index (κ1) is 14.9. The van der Waals surface area contributed by atoms with Crippen LogP contribution in [0.4, 0.5) is 0 Å². The molecule has 0 spiro atoms. The lowest BCUT2D eigenvalue weighted by molar-refractivity contribution is 0.0696. The first-order valence-electron chi connectivity index (χ1n) is 6.78. The number of aromatic carboxylic acids is 1. The highest BCUT2D eigenvalue weighted by Gasteiger charge is 2.13. The van der Waals surface area contributed by atoms with Gasteiger partial charge in [0.2, 0.25) is 0 Å². The molecule has 0 saturated heterocycles. The highest BCUT2D eigenvalue weighted by Crippen LogP contribution is 2.29. The van der Waals surface area contributed by atoms with E-state index in [2.05, 4.69) is 6.58 Å². The van der Waals surface area contributed by atoms with Crippen molar-refractivity contribution in [3.05, 3.63) is 77.9 Å². The van der Waals surface area contributed by atoms with Crippen LogP contribution >= 0.6 is 0 Å². The molecule has 1 atom stereocenters. The minimum atomic E-state index is -0.942. The molecule has 0 fully saturated rings. The third kappa shape index (κ3) is 3.72. The Labute approximate surface area is 124 Å². The van der Waals surface area contributed by atoms with Crippen LogP contribution in [0.15, 0.2) is 61.2 Å². The molecule has 0 aliphatic rings. The van der Waals surface area contributed by atoms with Gasteiger partial charge < -0.3 is 9.84 Å². The van der Waals surface area contributed by atoms with E-state index in [0.29, 0.717) is 12.4 Å². The van der Waals surface area contributed by atoms with Gasteiger partial charge in [0, 0.05) is 11.5 Å². The maximum atomic E-state index is 11.1. The van der Waals surface area contributed by atoms with E-state index in [4.69, 9.17) is 9.84 Å². The number of rotatable bonds is 6. The second-order valence-electron chi connectivity index (χ2n) is 4.86. The average Bonchev–Trinajstić information content (AvgIpc) is 2.52. The Hall–Kier alpha value is -2.55. The van der Waals surface area contributed by atoms with E-state index in [1.807, 2.05) is 37.3 Å². The number of carboxylic acid groups (broad SMARTS) is 1. The molecule has 3 heteroatoms. The summed E-state index contributed by atoms with van der Waals surface area (Å²) in [5.74, 6) is -0.228. The molecule has 0 aliphatic carbocycles. The molecule has 1 N–H and O–H groups in total. The van der Waals surface area contributed by atoms with Crippen molar-refractivity contribution in [3.63, 3.8) is 0 Å².